The molecule has 1 heterocycles. The zero-order valence-corrected chi connectivity index (χ0v) is 9.59. The van der Waals surface area contributed by atoms with Gasteiger partial charge in [0.15, 0.2) is 0 Å². The number of rotatable bonds is 1. The van der Waals surface area contributed by atoms with Crippen molar-refractivity contribution >= 4 is 17.0 Å². The van der Waals surface area contributed by atoms with Gasteiger partial charge in [-0.25, -0.2) is 4.98 Å². The molecule has 84 valence electrons. The molecule has 3 rings (SSSR count). The SMILES string of the molecule is Cc1cccc(-n2c(N)nc3ccccc32)c1. The Morgan fingerprint density at radius 3 is 2.71 bits per heavy atom. The zero-order valence-electron chi connectivity index (χ0n) is 9.59. The van der Waals surface area contributed by atoms with Gasteiger partial charge in [0, 0.05) is 5.69 Å². The number of benzene rings is 2. The molecule has 0 atom stereocenters. The van der Waals surface area contributed by atoms with Crippen LogP contribution in [0.25, 0.3) is 16.7 Å². The van der Waals surface area contributed by atoms with E-state index in [0.717, 1.165) is 16.7 Å². The van der Waals surface area contributed by atoms with Crippen molar-refractivity contribution in [3.63, 3.8) is 0 Å². The Morgan fingerprint density at radius 2 is 1.88 bits per heavy atom. The van der Waals surface area contributed by atoms with Gasteiger partial charge in [-0.3, -0.25) is 4.57 Å². The minimum Gasteiger partial charge on any atom is -0.369 e. The number of aryl methyl sites for hydroxylation is 1. The molecule has 0 saturated carbocycles. The number of imidazole rings is 1. The molecular formula is C14H13N3. The Kier molecular flexibility index (Phi) is 2.11. The molecule has 0 saturated heterocycles. The molecule has 0 bridgehead atoms. The van der Waals surface area contributed by atoms with Crippen molar-refractivity contribution in [2.24, 2.45) is 0 Å². The molecular weight excluding hydrogens is 210 g/mol. The van der Waals surface area contributed by atoms with E-state index in [2.05, 4.69) is 24.0 Å². The van der Waals surface area contributed by atoms with Crippen LogP contribution in [0.15, 0.2) is 48.5 Å². The van der Waals surface area contributed by atoms with E-state index in [9.17, 15) is 0 Å². The topological polar surface area (TPSA) is 43.8 Å². The second kappa shape index (κ2) is 3.63. The van der Waals surface area contributed by atoms with Crippen molar-refractivity contribution in [2.75, 3.05) is 5.73 Å². The van der Waals surface area contributed by atoms with Gasteiger partial charge in [0.25, 0.3) is 0 Å². The first-order valence-corrected chi connectivity index (χ1v) is 5.56. The van der Waals surface area contributed by atoms with Crippen molar-refractivity contribution in [1.29, 1.82) is 0 Å². The largest absolute Gasteiger partial charge is 0.369 e. The lowest BCUT2D eigenvalue weighted by Gasteiger charge is -2.06. The molecule has 3 aromatic rings. The summed E-state index contributed by atoms with van der Waals surface area (Å²) in [6.07, 6.45) is 0. The van der Waals surface area contributed by atoms with Crippen LogP contribution in [0.5, 0.6) is 0 Å². The first-order chi connectivity index (χ1) is 8.25. The third kappa shape index (κ3) is 1.56. The van der Waals surface area contributed by atoms with E-state index in [-0.39, 0.29) is 0 Å². The molecule has 0 spiro atoms. The van der Waals surface area contributed by atoms with Gasteiger partial charge in [0.1, 0.15) is 0 Å². The molecule has 2 N–H and O–H groups in total. The standard InChI is InChI=1S/C14H13N3/c1-10-5-4-6-11(9-10)17-13-8-3-2-7-12(13)16-14(17)15/h2-9H,1H3,(H2,15,16). The third-order valence-corrected chi connectivity index (χ3v) is 2.85. The first-order valence-electron chi connectivity index (χ1n) is 5.56. The number of aromatic nitrogens is 2. The van der Waals surface area contributed by atoms with E-state index >= 15 is 0 Å². The van der Waals surface area contributed by atoms with E-state index < -0.39 is 0 Å². The highest BCUT2D eigenvalue weighted by atomic mass is 15.2. The highest BCUT2D eigenvalue weighted by Gasteiger charge is 2.08. The quantitative estimate of drug-likeness (QED) is 0.689. The zero-order chi connectivity index (χ0) is 11.8. The molecule has 17 heavy (non-hydrogen) atoms. The molecule has 0 aliphatic carbocycles. The number of para-hydroxylation sites is 2. The van der Waals surface area contributed by atoms with Gasteiger partial charge in [-0.1, -0.05) is 24.3 Å². The first kappa shape index (κ1) is 9.90. The Labute approximate surface area is 99.5 Å². The van der Waals surface area contributed by atoms with Crippen LogP contribution in [0, 0.1) is 6.92 Å². The lowest BCUT2D eigenvalue weighted by Crippen LogP contribution is -2.00. The van der Waals surface area contributed by atoms with Gasteiger partial charge in [0.05, 0.1) is 11.0 Å². The highest BCUT2D eigenvalue weighted by Crippen LogP contribution is 2.22. The summed E-state index contributed by atoms with van der Waals surface area (Å²) in [6.45, 7) is 2.07. The average molecular weight is 223 g/mol. The van der Waals surface area contributed by atoms with Crippen molar-refractivity contribution in [2.45, 2.75) is 6.92 Å². The number of hydrogen-bond donors (Lipinski definition) is 1. The van der Waals surface area contributed by atoms with Crippen LogP contribution in [0.2, 0.25) is 0 Å². The summed E-state index contributed by atoms with van der Waals surface area (Å²) in [5.74, 6) is 0.525. The Hall–Kier alpha value is -2.29. The van der Waals surface area contributed by atoms with Crippen molar-refractivity contribution < 1.29 is 0 Å². The maximum Gasteiger partial charge on any atom is 0.205 e. The van der Waals surface area contributed by atoms with Crippen molar-refractivity contribution in [3.05, 3.63) is 54.1 Å². The number of nitrogens with two attached hydrogens (primary N) is 1. The molecule has 0 fully saturated rings. The second-order valence-corrected chi connectivity index (χ2v) is 4.13. The maximum atomic E-state index is 5.99. The van der Waals surface area contributed by atoms with Crippen LogP contribution in [0.1, 0.15) is 5.56 Å². The summed E-state index contributed by atoms with van der Waals surface area (Å²) in [6, 6.07) is 16.2. The van der Waals surface area contributed by atoms with E-state index in [1.807, 2.05) is 41.0 Å². The summed E-state index contributed by atoms with van der Waals surface area (Å²) in [7, 11) is 0. The summed E-state index contributed by atoms with van der Waals surface area (Å²) in [5, 5.41) is 0. The van der Waals surface area contributed by atoms with Crippen LogP contribution < -0.4 is 5.73 Å². The summed E-state index contributed by atoms with van der Waals surface area (Å²) in [5.41, 5.74) is 10.2. The van der Waals surface area contributed by atoms with E-state index in [4.69, 9.17) is 5.73 Å². The molecule has 0 aliphatic heterocycles. The molecule has 3 heteroatoms. The maximum absolute atomic E-state index is 5.99. The van der Waals surface area contributed by atoms with Crippen molar-refractivity contribution in [3.8, 4) is 5.69 Å². The smallest absolute Gasteiger partial charge is 0.205 e. The number of hydrogen-bond acceptors (Lipinski definition) is 2. The number of nitrogens with zero attached hydrogens (tertiary/aromatic N) is 2. The van der Waals surface area contributed by atoms with E-state index in [0.29, 0.717) is 5.95 Å². The molecule has 0 radical (unpaired) electrons. The molecule has 2 aromatic carbocycles. The third-order valence-electron chi connectivity index (χ3n) is 2.85. The highest BCUT2D eigenvalue weighted by molar-refractivity contribution is 5.80. The fourth-order valence-corrected chi connectivity index (χ4v) is 2.08. The number of anilines is 1. The summed E-state index contributed by atoms with van der Waals surface area (Å²) >= 11 is 0. The molecule has 1 aromatic heterocycles. The van der Waals surface area contributed by atoms with Gasteiger partial charge >= 0.3 is 0 Å². The van der Waals surface area contributed by atoms with Gasteiger partial charge < -0.3 is 5.73 Å². The second-order valence-electron chi connectivity index (χ2n) is 4.13. The van der Waals surface area contributed by atoms with E-state index in [1.54, 1.807) is 0 Å². The molecule has 0 amide bonds. The van der Waals surface area contributed by atoms with Gasteiger partial charge in [0.2, 0.25) is 5.95 Å². The Balaban J connectivity index is 2.33. The van der Waals surface area contributed by atoms with Crippen LogP contribution in [0.3, 0.4) is 0 Å². The van der Waals surface area contributed by atoms with Crippen LogP contribution >= 0.6 is 0 Å². The predicted octanol–water partition coefficient (Wildman–Crippen LogP) is 2.92. The van der Waals surface area contributed by atoms with Crippen molar-refractivity contribution in [1.82, 2.24) is 9.55 Å². The predicted molar refractivity (Wildman–Crippen MR) is 70.2 cm³/mol. The molecule has 0 aliphatic rings. The van der Waals surface area contributed by atoms with Gasteiger partial charge in [-0.2, -0.15) is 0 Å². The summed E-state index contributed by atoms with van der Waals surface area (Å²) < 4.78 is 1.97. The number of nitrogen functional groups attached to an aromatic ring is 1. The monoisotopic (exact) mass is 223 g/mol. The summed E-state index contributed by atoms with van der Waals surface area (Å²) in [4.78, 5) is 4.36. The molecule has 0 unspecified atom stereocenters. The lowest BCUT2D eigenvalue weighted by molar-refractivity contribution is 1.10. The Morgan fingerprint density at radius 1 is 1.06 bits per heavy atom. The fraction of sp³-hybridized carbons (Fsp3) is 0.0714. The van der Waals surface area contributed by atoms with Crippen LogP contribution in [-0.4, -0.2) is 9.55 Å². The van der Waals surface area contributed by atoms with Crippen LogP contribution in [0.4, 0.5) is 5.95 Å². The normalized spacial score (nSPS) is 10.9. The fourth-order valence-electron chi connectivity index (χ4n) is 2.08. The van der Waals surface area contributed by atoms with Gasteiger partial charge in [-0.15, -0.1) is 0 Å². The van der Waals surface area contributed by atoms with E-state index in [1.165, 1.54) is 5.56 Å². The molecule has 3 nitrogen and oxygen atoms in total. The van der Waals surface area contributed by atoms with Gasteiger partial charge in [-0.05, 0) is 36.8 Å². The average Bonchev–Trinajstić information content (AvgIpc) is 2.64. The lowest BCUT2D eigenvalue weighted by atomic mass is 10.2. The van der Waals surface area contributed by atoms with Crippen LogP contribution in [-0.2, 0) is 0 Å². The minimum absolute atomic E-state index is 0.525. The minimum atomic E-state index is 0.525. The Bertz CT molecular complexity index is 683. The number of fused-ring (bicyclic) bond motifs is 1.